The Morgan fingerprint density at radius 1 is 1.00 bits per heavy atom. The van der Waals surface area contributed by atoms with E-state index in [0.29, 0.717) is 11.6 Å². The van der Waals surface area contributed by atoms with Crippen LogP contribution in [0, 0.1) is 0 Å². The van der Waals surface area contributed by atoms with Crippen molar-refractivity contribution in [2.45, 2.75) is 30.0 Å². The SMILES string of the molecule is NC(=O)c1ccccc1-c1ccc(S(=O)(=O)NC2Cc3ccc(/C=C/C(=O)O)cc3C2)c(C(F)(F)F)c1. The summed E-state index contributed by atoms with van der Waals surface area (Å²) in [6, 6.07) is 13.1. The number of carboxylic acid groups (broad SMARTS) is 1. The quantitative estimate of drug-likeness (QED) is 0.398. The number of carbonyl (C=O) groups is 2. The van der Waals surface area contributed by atoms with E-state index in [4.69, 9.17) is 10.8 Å². The van der Waals surface area contributed by atoms with Crippen molar-refractivity contribution < 1.29 is 36.3 Å². The van der Waals surface area contributed by atoms with E-state index in [1.165, 1.54) is 36.4 Å². The molecule has 0 fully saturated rings. The van der Waals surface area contributed by atoms with Crippen molar-refractivity contribution in [3.8, 4) is 11.1 Å². The molecule has 37 heavy (non-hydrogen) atoms. The number of halogens is 3. The van der Waals surface area contributed by atoms with Gasteiger partial charge >= 0.3 is 12.1 Å². The summed E-state index contributed by atoms with van der Waals surface area (Å²) in [4.78, 5) is 21.5. The van der Waals surface area contributed by atoms with Gasteiger partial charge in [-0.1, -0.05) is 42.5 Å². The molecule has 0 saturated heterocycles. The number of nitrogens with two attached hydrogens (primary N) is 1. The molecule has 3 aromatic rings. The third kappa shape index (κ3) is 5.73. The van der Waals surface area contributed by atoms with E-state index in [-0.39, 0.29) is 29.5 Å². The predicted octanol–water partition coefficient (Wildman–Crippen LogP) is 4.01. The van der Waals surface area contributed by atoms with Crippen LogP contribution >= 0.6 is 0 Å². The normalized spacial score (nSPS) is 15.6. The van der Waals surface area contributed by atoms with Crippen LogP contribution in [0.5, 0.6) is 0 Å². The van der Waals surface area contributed by atoms with Gasteiger partial charge in [-0.25, -0.2) is 17.9 Å². The number of sulfonamides is 1. The minimum Gasteiger partial charge on any atom is -0.478 e. The number of nitrogens with one attached hydrogen (secondary N) is 1. The molecule has 0 saturated carbocycles. The summed E-state index contributed by atoms with van der Waals surface area (Å²) in [5.74, 6) is -1.94. The molecule has 3 aromatic carbocycles. The van der Waals surface area contributed by atoms with E-state index in [2.05, 4.69) is 4.72 Å². The topological polar surface area (TPSA) is 127 Å². The highest BCUT2D eigenvalue weighted by Crippen LogP contribution is 2.38. The zero-order chi connectivity index (χ0) is 27.0. The number of rotatable bonds is 7. The van der Waals surface area contributed by atoms with Crippen molar-refractivity contribution in [3.63, 3.8) is 0 Å². The Labute approximate surface area is 210 Å². The van der Waals surface area contributed by atoms with Crippen LogP contribution in [0.25, 0.3) is 17.2 Å². The van der Waals surface area contributed by atoms with Crippen molar-refractivity contribution in [3.05, 3.63) is 94.6 Å². The van der Waals surface area contributed by atoms with E-state index >= 15 is 0 Å². The van der Waals surface area contributed by atoms with Gasteiger partial charge in [-0.3, -0.25) is 4.79 Å². The minimum absolute atomic E-state index is 0.00380. The summed E-state index contributed by atoms with van der Waals surface area (Å²) < 4.78 is 70.6. The number of primary amides is 1. The monoisotopic (exact) mass is 530 g/mol. The van der Waals surface area contributed by atoms with Gasteiger partial charge in [0.15, 0.2) is 0 Å². The molecular weight excluding hydrogens is 509 g/mol. The van der Waals surface area contributed by atoms with Crippen molar-refractivity contribution in [2.75, 3.05) is 0 Å². The largest absolute Gasteiger partial charge is 0.478 e. The first-order valence-corrected chi connectivity index (χ1v) is 12.5. The summed E-state index contributed by atoms with van der Waals surface area (Å²) >= 11 is 0. The summed E-state index contributed by atoms with van der Waals surface area (Å²) in [5, 5.41) is 8.78. The number of hydrogen-bond acceptors (Lipinski definition) is 4. The van der Waals surface area contributed by atoms with Gasteiger partial charge in [0.2, 0.25) is 15.9 Å². The zero-order valence-electron chi connectivity index (χ0n) is 19.1. The first-order valence-electron chi connectivity index (χ1n) is 11.0. The maximum absolute atomic E-state index is 14.0. The molecule has 0 aliphatic heterocycles. The number of aliphatic carboxylic acids is 1. The molecule has 1 amide bonds. The van der Waals surface area contributed by atoms with Gasteiger partial charge in [-0.15, -0.1) is 0 Å². The fourth-order valence-electron chi connectivity index (χ4n) is 4.38. The maximum atomic E-state index is 14.0. The number of fused-ring (bicyclic) bond motifs is 1. The molecule has 1 unspecified atom stereocenters. The Morgan fingerprint density at radius 2 is 1.70 bits per heavy atom. The molecule has 11 heteroatoms. The second-order valence-electron chi connectivity index (χ2n) is 8.54. The molecule has 4 rings (SSSR count). The molecule has 1 aliphatic rings. The minimum atomic E-state index is -4.99. The van der Waals surface area contributed by atoms with Crippen LogP contribution in [0.4, 0.5) is 13.2 Å². The third-order valence-electron chi connectivity index (χ3n) is 5.98. The number of amides is 1. The summed E-state index contributed by atoms with van der Waals surface area (Å²) in [5.41, 5.74) is 6.32. The lowest BCUT2D eigenvalue weighted by atomic mass is 9.97. The highest BCUT2D eigenvalue weighted by molar-refractivity contribution is 7.89. The van der Waals surface area contributed by atoms with Gasteiger partial charge in [0.05, 0.1) is 10.5 Å². The van der Waals surface area contributed by atoms with E-state index in [1.807, 2.05) is 0 Å². The van der Waals surface area contributed by atoms with Crippen LogP contribution in [0.2, 0.25) is 0 Å². The van der Waals surface area contributed by atoms with Gasteiger partial charge < -0.3 is 10.8 Å². The summed E-state index contributed by atoms with van der Waals surface area (Å²) in [6.45, 7) is 0. The van der Waals surface area contributed by atoms with E-state index in [9.17, 15) is 31.2 Å². The number of benzene rings is 3. The molecule has 4 N–H and O–H groups in total. The molecule has 0 radical (unpaired) electrons. The molecule has 0 aromatic heterocycles. The first kappa shape index (κ1) is 26.1. The van der Waals surface area contributed by atoms with Crippen molar-refractivity contribution >= 4 is 28.0 Å². The molecule has 0 heterocycles. The van der Waals surface area contributed by atoms with Crippen LogP contribution < -0.4 is 10.5 Å². The van der Waals surface area contributed by atoms with Crippen molar-refractivity contribution in [1.82, 2.24) is 4.72 Å². The maximum Gasteiger partial charge on any atom is 0.417 e. The Kier molecular flexibility index (Phi) is 6.94. The lowest BCUT2D eigenvalue weighted by Gasteiger charge is -2.18. The molecule has 7 nitrogen and oxygen atoms in total. The second kappa shape index (κ2) is 9.83. The Hall–Kier alpha value is -3.96. The molecular formula is C26H21F3N2O5S. The average Bonchev–Trinajstić information content (AvgIpc) is 3.22. The number of carboxylic acids is 1. The molecule has 0 spiro atoms. The average molecular weight is 531 g/mol. The first-order chi connectivity index (χ1) is 17.3. The number of hydrogen-bond donors (Lipinski definition) is 3. The zero-order valence-corrected chi connectivity index (χ0v) is 19.9. The van der Waals surface area contributed by atoms with E-state index < -0.39 is 44.6 Å². The Morgan fingerprint density at radius 3 is 2.38 bits per heavy atom. The summed E-state index contributed by atoms with van der Waals surface area (Å²) in [6.07, 6.45) is -2.13. The lowest BCUT2D eigenvalue weighted by Crippen LogP contribution is -2.36. The molecule has 1 aliphatic carbocycles. The number of carbonyl (C=O) groups excluding carboxylic acids is 1. The van der Waals surface area contributed by atoms with Crippen LogP contribution in [0.15, 0.2) is 71.6 Å². The summed E-state index contributed by atoms with van der Waals surface area (Å²) in [7, 11) is -4.59. The lowest BCUT2D eigenvalue weighted by molar-refractivity contribution is -0.140. The Bertz CT molecular complexity index is 1530. The fourth-order valence-corrected chi connectivity index (χ4v) is 5.82. The molecule has 0 bridgehead atoms. The molecule has 1 atom stereocenters. The van der Waals surface area contributed by atoms with Crippen LogP contribution in [0.1, 0.15) is 32.6 Å². The van der Waals surface area contributed by atoms with Gasteiger partial charge in [-0.2, -0.15) is 13.2 Å². The standard InChI is InChI=1S/C26H21F3N2O5S/c27-26(28,29)22-14-17(20-3-1-2-4-21(20)25(30)34)8-9-23(22)37(35,36)31-19-12-16-7-5-15(6-10-24(32)33)11-18(16)13-19/h1-11,14,19,31H,12-13H2,(H2,30,34)(H,32,33)/b10-6+. The van der Waals surface area contributed by atoms with E-state index in [1.54, 1.807) is 18.2 Å². The highest BCUT2D eigenvalue weighted by atomic mass is 32.2. The molecule has 192 valence electrons. The van der Waals surface area contributed by atoms with Gasteiger partial charge in [0.1, 0.15) is 0 Å². The van der Waals surface area contributed by atoms with Crippen LogP contribution in [0.3, 0.4) is 0 Å². The van der Waals surface area contributed by atoms with Gasteiger partial charge in [0.25, 0.3) is 0 Å². The van der Waals surface area contributed by atoms with Crippen molar-refractivity contribution in [1.29, 1.82) is 0 Å². The van der Waals surface area contributed by atoms with E-state index in [0.717, 1.165) is 23.3 Å². The van der Waals surface area contributed by atoms with Gasteiger partial charge in [-0.05, 0) is 64.9 Å². The van der Waals surface area contributed by atoms with Crippen LogP contribution in [-0.4, -0.2) is 31.4 Å². The second-order valence-corrected chi connectivity index (χ2v) is 10.2. The van der Waals surface area contributed by atoms with Gasteiger partial charge in [0, 0.05) is 17.7 Å². The fraction of sp³-hybridized carbons (Fsp3) is 0.154. The number of alkyl halides is 3. The third-order valence-corrected chi connectivity index (χ3v) is 7.56. The van der Waals surface area contributed by atoms with Crippen LogP contribution in [-0.2, 0) is 33.8 Å². The van der Waals surface area contributed by atoms with Crippen molar-refractivity contribution in [2.24, 2.45) is 5.73 Å². The predicted molar refractivity (Wildman–Crippen MR) is 130 cm³/mol. The Balaban J connectivity index is 1.64. The smallest absolute Gasteiger partial charge is 0.417 e. The highest BCUT2D eigenvalue weighted by Gasteiger charge is 2.39.